The first-order valence-electron chi connectivity index (χ1n) is 8.62. The summed E-state index contributed by atoms with van der Waals surface area (Å²) in [5.74, 6) is 3.45. The van der Waals surface area contributed by atoms with E-state index in [-0.39, 0.29) is 0 Å². The van der Waals surface area contributed by atoms with Crippen LogP contribution in [0.3, 0.4) is 0 Å². The topological polar surface area (TPSA) is 20.3 Å². The Kier molecular flexibility index (Phi) is 5.06. The van der Waals surface area contributed by atoms with Crippen LogP contribution in [0.2, 0.25) is 0 Å². The number of carbonyl (C=O) groups is 1. The van der Waals surface area contributed by atoms with Crippen LogP contribution in [-0.2, 0) is 4.79 Å². The van der Waals surface area contributed by atoms with Gasteiger partial charge < -0.3 is 4.90 Å². The smallest absolute Gasteiger partial charge is 0.225 e. The van der Waals surface area contributed by atoms with Crippen LogP contribution in [0, 0.1) is 23.7 Å². The maximum atomic E-state index is 12.7. The first kappa shape index (κ1) is 14.9. The molecular formula is C17H28BrNO. The average molecular weight is 342 g/mol. The molecule has 0 aromatic carbocycles. The standard InChI is InChI=1S/C17H28BrNO/c18-12-13-7-9-19(10-8-13)17(20)16-6-5-14-3-1-2-4-15(14)11-16/h13-16H,1-12H2. The lowest BCUT2D eigenvalue weighted by Crippen LogP contribution is -2.44. The maximum absolute atomic E-state index is 12.7. The number of rotatable bonds is 2. The minimum Gasteiger partial charge on any atom is -0.342 e. The van der Waals surface area contributed by atoms with Gasteiger partial charge in [-0.2, -0.15) is 0 Å². The Bertz CT molecular complexity index is 338. The number of fused-ring (bicyclic) bond motifs is 1. The largest absolute Gasteiger partial charge is 0.342 e. The summed E-state index contributed by atoms with van der Waals surface area (Å²) >= 11 is 3.58. The third-order valence-corrected chi connectivity index (χ3v) is 6.95. The summed E-state index contributed by atoms with van der Waals surface area (Å²) in [7, 11) is 0. The highest BCUT2D eigenvalue weighted by Gasteiger charge is 2.37. The lowest BCUT2D eigenvalue weighted by Gasteiger charge is -2.41. The number of hydrogen-bond donors (Lipinski definition) is 0. The van der Waals surface area contributed by atoms with Gasteiger partial charge in [-0.3, -0.25) is 4.79 Å². The quantitative estimate of drug-likeness (QED) is 0.688. The normalized spacial score (nSPS) is 35.6. The van der Waals surface area contributed by atoms with Crippen molar-refractivity contribution in [3.8, 4) is 0 Å². The summed E-state index contributed by atoms with van der Waals surface area (Å²) in [5.41, 5.74) is 0. The monoisotopic (exact) mass is 341 g/mol. The molecule has 3 atom stereocenters. The molecule has 114 valence electrons. The van der Waals surface area contributed by atoms with Gasteiger partial charge in [0.05, 0.1) is 0 Å². The van der Waals surface area contributed by atoms with E-state index in [2.05, 4.69) is 20.8 Å². The molecule has 2 aliphatic carbocycles. The van der Waals surface area contributed by atoms with Crippen LogP contribution in [0.5, 0.6) is 0 Å². The maximum Gasteiger partial charge on any atom is 0.225 e. The number of piperidine rings is 1. The zero-order valence-corrected chi connectivity index (χ0v) is 14.1. The fourth-order valence-corrected chi connectivity index (χ4v) is 5.31. The van der Waals surface area contributed by atoms with Gasteiger partial charge in [0, 0.05) is 24.3 Å². The second-order valence-corrected chi connectivity index (χ2v) is 7.89. The number of nitrogens with zero attached hydrogens (tertiary/aromatic N) is 1. The van der Waals surface area contributed by atoms with E-state index >= 15 is 0 Å². The number of likely N-dealkylation sites (tertiary alicyclic amines) is 1. The molecule has 3 aliphatic rings. The van der Waals surface area contributed by atoms with Crippen molar-refractivity contribution >= 4 is 21.8 Å². The van der Waals surface area contributed by atoms with Crippen molar-refractivity contribution in [1.29, 1.82) is 0 Å². The van der Waals surface area contributed by atoms with Gasteiger partial charge in [-0.05, 0) is 49.9 Å². The summed E-state index contributed by atoms with van der Waals surface area (Å²) in [5, 5.41) is 1.10. The summed E-state index contributed by atoms with van der Waals surface area (Å²) in [6.45, 7) is 2.00. The molecule has 3 heteroatoms. The summed E-state index contributed by atoms with van der Waals surface area (Å²) < 4.78 is 0. The minimum absolute atomic E-state index is 0.356. The molecule has 2 nitrogen and oxygen atoms in total. The molecule has 3 unspecified atom stereocenters. The molecule has 0 spiro atoms. The Labute approximate surface area is 131 Å². The molecular weight excluding hydrogens is 314 g/mol. The van der Waals surface area contributed by atoms with Crippen molar-refractivity contribution in [3.63, 3.8) is 0 Å². The third-order valence-electron chi connectivity index (χ3n) is 6.03. The van der Waals surface area contributed by atoms with E-state index in [0.717, 1.165) is 36.2 Å². The predicted octanol–water partition coefficient (Wildman–Crippen LogP) is 4.23. The highest BCUT2D eigenvalue weighted by atomic mass is 79.9. The molecule has 20 heavy (non-hydrogen) atoms. The van der Waals surface area contributed by atoms with Crippen LogP contribution in [0.1, 0.15) is 57.8 Å². The first-order valence-corrected chi connectivity index (χ1v) is 9.75. The zero-order chi connectivity index (χ0) is 13.9. The number of hydrogen-bond acceptors (Lipinski definition) is 1. The molecule has 3 fully saturated rings. The van der Waals surface area contributed by atoms with Crippen LogP contribution in [0.15, 0.2) is 0 Å². The Balaban J connectivity index is 1.52. The Hall–Kier alpha value is -0.0500. The molecule has 1 amide bonds. The van der Waals surface area contributed by atoms with E-state index < -0.39 is 0 Å². The number of carbonyl (C=O) groups excluding carboxylic acids is 1. The fraction of sp³-hybridized carbons (Fsp3) is 0.941. The van der Waals surface area contributed by atoms with Gasteiger partial charge in [-0.15, -0.1) is 0 Å². The SMILES string of the molecule is O=C(C1CCC2CCCCC2C1)N1CCC(CBr)CC1. The van der Waals surface area contributed by atoms with Crippen LogP contribution < -0.4 is 0 Å². The minimum atomic E-state index is 0.356. The van der Waals surface area contributed by atoms with Crippen molar-refractivity contribution in [3.05, 3.63) is 0 Å². The lowest BCUT2D eigenvalue weighted by atomic mass is 9.67. The Morgan fingerprint density at radius 2 is 1.65 bits per heavy atom. The molecule has 0 aromatic heterocycles. The van der Waals surface area contributed by atoms with Gasteiger partial charge in [-0.1, -0.05) is 41.6 Å². The van der Waals surface area contributed by atoms with Crippen molar-refractivity contribution in [2.45, 2.75) is 57.8 Å². The van der Waals surface area contributed by atoms with Gasteiger partial charge in [0.25, 0.3) is 0 Å². The Morgan fingerprint density at radius 3 is 2.35 bits per heavy atom. The van der Waals surface area contributed by atoms with Crippen LogP contribution >= 0.6 is 15.9 Å². The van der Waals surface area contributed by atoms with Crippen molar-refractivity contribution in [2.75, 3.05) is 18.4 Å². The molecule has 0 radical (unpaired) electrons. The predicted molar refractivity (Wildman–Crippen MR) is 85.9 cm³/mol. The second kappa shape index (κ2) is 6.81. The highest BCUT2D eigenvalue weighted by Crippen LogP contribution is 2.43. The number of amides is 1. The van der Waals surface area contributed by atoms with Gasteiger partial charge >= 0.3 is 0 Å². The molecule has 1 heterocycles. The fourth-order valence-electron chi connectivity index (χ4n) is 4.66. The average Bonchev–Trinajstić information content (AvgIpc) is 2.54. The van der Waals surface area contributed by atoms with Gasteiger partial charge in [-0.25, -0.2) is 0 Å². The molecule has 0 N–H and O–H groups in total. The molecule has 3 rings (SSSR count). The zero-order valence-electron chi connectivity index (χ0n) is 12.5. The molecule has 0 aromatic rings. The van der Waals surface area contributed by atoms with Crippen molar-refractivity contribution < 1.29 is 4.79 Å². The van der Waals surface area contributed by atoms with Gasteiger partial charge in [0.15, 0.2) is 0 Å². The van der Waals surface area contributed by atoms with E-state index in [1.807, 2.05) is 0 Å². The van der Waals surface area contributed by atoms with Crippen molar-refractivity contribution in [1.82, 2.24) is 4.90 Å². The highest BCUT2D eigenvalue weighted by molar-refractivity contribution is 9.09. The molecule has 0 bridgehead atoms. The van der Waals surface area contributed by atoms with Crippen LogP contribution in [0.25, 0.3) is 0 Å². The van der Waals surface area contributed by atoms with Crippen LogP contribution in [-0.4, -0.2) is 29.2 Å². The Morgan fingerprint density at radius 1 is 0.950 bits per heavy atom. The summed E-state index contributed by atoms with van der Waals surface area (Å²) in [6.07, 6.45) is 11.7. The van der Waals surface area contributed by atoms with Gasteiger partial charge in [0.1, 0.15) is 0 Å². The molecule has 1 saturated heterocycles. The molecule has 2 saturated carbocycles. The van der Waals surface area contributed by atoms with E-state index in [0.29, 0.717) is 11.8 Å². The first-order chi connectivity index (χ1) is 9.78. The van der Waals surface area contributed by atoms with Gasteiger partial charge in [0.2, 0.25) is 5.91 Å². The summed E-state index contributed by atoms with van der Waals surface area (Å²) in [6, 6.07) is 0. The van der Waals surface area contributed by atoms with E-state index in [4.69, 9.17) is 0 Å². The molecule has 1 aliphatic heterocycles. The van der Waals surface area contributed by atoms with Crippen molar-refractivity contribution in [2.24, 2.45) is 23.7 Å². The van der Waals surface area contributed by atoms with E-state index in [1.165, 1.54) is 57.8 Å². The lowest BCUT2D eigenvalue weighted by molar-refractivity contribution is -0.139. The second-order valence-electron chi connectivity index (χ2n) is 7.24. The summed E-state index contributed by atoms with van der Waals surface area (Å²) in [4.78, 5) is 14.9. The van der Waals surface area contributed by atoms with E-state index in [1.54, 1.807) is 0 Å². The van der Waals surface area contributed by atoms with E-state index in [9.17, 15) is 4.79 Å². The third kappa shape index (κ3) is 3.23. The number of alkyl halides is 1. The van der Waals surface area contributed by atoms with Crippen LogP contribution in [0.4, 0.5) is 0 Å². The number of halogens is 1.